The van der Waals surface area contributed by atoms with Gasteiger partial charge in [-0.1, -0.05) is 31.2 Å². The van der Waals surface area contributed by atoms with Gasteiger partial charge in [-0.25, -0.2) is 4.68 Å². The van der Waals surface area contributed by atoms with E-state index in [4.69, 9.17) is 0 Å². The summed E-state index contributed by atoms with van der Waals surface area (Å²) in [6, 6.07) is 8.15. The molecular weight excluding hydrogens is 262 g/mol. The molecule has 5 heteroatoms. The van der Waals surface area contributed by atoms with Gasteiger partial charge in [0.15, 0.2) is 0 Å². The minimum absolute atomic E-state index is 0.623. The minimum atomic E-state index is 0.623. The zero-order chi connectivity index (χ0) is 14.7. The number of nitrogens with one attached hydrogen (secondary N) is 1. The zero-order valence-corrected chi connectivity index (χ0v) is 12.3. The van der Waals surface area contributed by atoms with Crippen molar-refractivity contribution in [2.45, 2.75) is 20.4 Å². The summed E-state index contributed by atoms with van der Waals surface area (Å²) in [5, 5.41) is 14.0. The lowest BCUT2D eigenvalue weighted by Crippen LogP contribution is -2.20. The van der Waals surface area contributed by atoms with Crippen LogP contribution in [0.5, 0.6) is 0 Å². The molecule has 21 heavy (non-hydrogen) atoms. The molecule has 0 saturated heterocycles. The molecule has 0 bridgehead atoms. The van der Waals surface area contributed by atoms with Gasteiger partial charge in [-0.15, -0.1) is 5.10 Å². The Hall–Kier alpha value is -2.27. The van der Waals surface area contributed by atoms with E-state index in [1.807, 2.05) is 29.2 Å². The Morgan fingerprint density at radius 2 is 2.10 bits per heavy atom. The first-order valence-corrected chi connectivity index (χ1v) is 7.19. The summed E-state index contributed by atoms with van der Waals surface area (Å²) in [6.07, 6.45) is 5.49. The zero-order valence-electron chi connectivity index (χ0n) is 12.3. The lowest BCUT2D eigenvalue weighted by Gasteiger charge is -2.11. The summed E-state index contributed by atoms with van der Waals surface area (Å²) < 4.78 is 1.90. The van der Waals surface area contributed by atoms with Crippen molar-refractivity contribution in [3.8, 4) is 5.69 Å². The molecule has 0 radical (unpaired) electrons. The third-order valence-corrected chi connectivity index (χ3v) is 3.36. The van der Waals surface area contributed by atoms with E-state index >= 15 is 0 Å². The summed E-state index contributed by atoms with van der Waals surface area (Å²) >= 11 is 0. The van der Waals surface area contributed by atoms with Gasteiger partial charge in [0.05, 0.1) is 17.6 Å². The summed E-state index contributed by atoms with van der Waals surface area (Å²) in [5.41, 5.74) is 2.09. The summed E-state index contributed by atoms with van der Waals surface area (Å²) in [4.78, 5) is 4.17. The molecule has 0 spiro atoms. The fourth-order valence-corrected chi connectivity index (χ4v) is 2.36. The van der Waals surface area contributed by atoms with Crippen LogP contribution in [0.4, 0.5) is 0 Å². The highest BCUT2D eigenvalue weighted by Gasteiger charge is 2.09. The molecule has 2 heterocycles. The van der Waals surface area contributed by atoms with Crippen molar-refractivity contribution in [1.82, 2.24) is 25.3 Å². The second-order valence-electron chi connectivity index (χ2n) is 5.54. The topological polar surface area (TPSA) is 55.6 Å². The molecule has 1 aromatic carbocycles. The maximum atomic E-state index is 4.24. The second kappa shape index (κ2) is 6.01. The first-order valence-electron chi connectivity index (χ1n) is 7.19. The molecule has 3 aromatic rings. The maximum absolute atomic E-state index is 4.24. The molecule has 0 unspecified atom stereocenters. The van der Waals surface area contributed by atoms with Gasteiger partial charge in [0.1, 0.15) is 0 Å². The Morgan fingerprint density at radius 3 is 2.95 bits per heavy atom. The van der Waals surface area contributed by atoms with E-state index in [1.165, 1.54) is 0 Å². The Bertz CT molecular complexity index is 727. The third-order valence-electron chi connectivity index (χ3n) is 3.36. The predicted molar refractivity (Wildman–Crippen MR) is 83.2 cm³/mol. The van der Waals surface area contributed by atoms with Gasteiger partial charge in [-0.3, -0.25) is 4.98 Å². The van der Waals surface area contributed by atoms with Gasteiger partial charge < -0.3 is 5.32 Å². The van der Waals surface area contributed by atoms with Gasteiger partial charge in [-0.2, -0.15) is 0 Å². The Kier molecular flexibility index (Phi) is 3.92. The van der Waals surface area contributed by atoms with E-state index in [1.54, 1.807) is 6.20 Å². The van der Waals surface area contributed by atoms with Crippen molar-refractivity contribution < 1.29 is 0 Å². The molecule has 0 saturated carbocycles. The van der Waals surface area contributed by atoms with Crippen molar-refractivity contribution in [2.75, 3.05) is 6.54 Å². The standard InChI is InChI=1S/C16H19N5/c1-12(2)8-18-10-14-11-19-20-21(14)16-5-3-4-13-9-17-7-6-15(13)16/h3-7,9,11-12,18H,8,10H2,1-2H3. The van der Waals surface area contributed by atoms with Crippen molar-refractivity contribution in [3.63, 3.8) is 0 Å². The molecule has 0 aliphatic carbocycles. The van der Waals surface area contributed by atoms with Crippen LogP contribution in [0.15, 0.2) is 42.9 Å². The normalized spacial score (nSPS) is 11.4. The van der Waals surface area contributed by atoms with E-state index in [-0.39, 0.29) is 0 Å². The van der Waals surface area contributed by atoms with Crippen molar-refractivity contribution >= 4 is 10.8 Å². The molecule has 5 nitrogen and oxygen atoms in total. The van der Waals surface area contributed by atoms with Crippen LogP contribution in [0.3, 0.4) is 0 Å². The molecule has 0 fully saturated rings. The van der Waals surface area contributed by atoms with Crippen molar-refractivity contribution in [1.29, 1.82) is 0 Å². The van der Waals surface area contributed by atoms with Gasteiger partial charge >= 0.3 is 0 Å². The maximum Gasteiger partial charge on any atom is 0.0783 e. The molecular formula is C16H19N5. The highest BCUT2D eigenvalue weighted by atomic mass is 15.4. The Labute approximate surface area is 124 Å². The van der Waals surface area contributed by atoms with Crippen LogP contribution in [-0.2, 0) is 6.54 Å². The number of hydrogen-bond acceptors (Lipinski definition) is 4. The van der Waals surface area contributed by atoms with Crippen LogP contribution in [0.25, 0.3) is 16.5 Å². The molecule has 3 rings (SSSR count). The van der Waals surface area contributed by atoms with E-state index in [0.29, 0.717) is 5.92 Å². The number of hydrogen-bond donors (Lipinski definition) is 1. The third kappa shape index (κ3) is 2.92. The summed E-state index contributed by atoms with van der Waals surface area (Å²) in [5.74, 6) is 0.623. The number of nitrogens with zero attached hydrogens (tertiary/aromatic N) is 4. The van der Waals surface area contributed by atoms with Crippen LogP contribution >= 0.6 is 0 Å². The molecule has 0 aliphatic rings. The van der Waals surface area contributed by atoms with Crippen molar-refractivity contribution in [2.24, 2.45) is 5.92 Å². The van der Waals surface area contributed by atoms with E-state index in [9.17, 15) is 0 Å². The summed E-state index contributed by atoms with van der Waals surface area (Å²) in [7, 11) is 0. The smallest absolute Gasteiger partial charge is 0.0783 e. The lowest BCUT2D eigenvalue weighted by atomic mass is 10.1. The average Bonchev–Trinajstić information content (AvgIpc) is 2.94. The predicted octanol–water partition coefficient (Wildman–Crippen LogP) is 2.56. The quantitative estimate of drug-likeness (QED) is 0.781. The molecule has 0 amide bonds. The number of aromatic nitrogens is 4. The van der Waals surface area contributed by atoms with Crippen molar-refractivity contribution in [3.05, 3.63) is 48.5 Å². The van der Waals surface area contributed by atoms with E-state index < -0.39 is 0 Å². The van der Waals surface area contributed by atoms with Crippen LogP contribution in [0, 0.1) is 5.92 Å². The van der Waals surface area contributed by atoms with Gasteiger partial charge in [-0.05, 0) is 24.6 Å². The van der Waals surface area contributed by atoms with Gasteiger partial charge in [0.2, 0.25) is 0 Å². The number of fused-ring (bicyclic) bond motifs is 1. The number of benzene rings is 1. The SMILES string of the molecule is CC(C)CNCc1cnnn1-c1cccc2cnccc12. The largest absolute Gasteiger partial charge is 0.311 e. The van der Waals surface area contributed by atoms with Crippen LogP contribution in [0.2, 0.25) is 0 Å². The number of pyridine rings is 1. The Morgan fingerprint density at radius 1 is 1.19 bits per heavy atom. The highest BCUT2D eigenvalue weighted by Crippen LogP contribution is 2.21. The minimum Gasteiger partial charge on any atom is -0.311 e. The molecule has 1 N–H and O–H groups in total. The fraction of sp³-hybridized carbons (Fsp3) is 0.312. The molecule has 0 atom stereocenters. The molecule has 108 valence electrons. The Balaban J connectivity index is 1.94. The van der Waals surface area contributed by atoms with E-state index in [0.717, 1.165) is 35.2 Å². The van der Waals surface area contributed by atoms with E-state index in [2.05, 4.69) is 46.6 Å². The monoisotopic (exact) mass is 281 g/mol. The van der Waals surface area contributed by atoms with Gasteiger partial charge in [0, 0.05) is 29.7 Å². The molecule has 0 aliphatic heterocycles. The molecule has 2 aromatic heterocycles. The number of rotatable bonds is 5. The van der Waals surface area contributed by atoms with Crippen LogP contribution in [-0.4, -0.2) is 26.5 Å². The first-order chi connectivity index (χ1) is 10.3. The highest BCUT2D eigenvalue weighted by molar-refractivity contribution is 5.89. The first kappa shape index (κ1) is 13.7. The lowest BCUT2D eigenvalue weighted by molar-refractivity contribution is 0.542. The summed E-state index contributed by atoms with van der Waals surface area (Å²) in [6.45, 7) is 6.12. The van der Waals surface area contributed by atoms with Gasteiger partial charge in [0.25, 0.3) is 0 Å². The average molecular weight is 281 g/mol. The second-order valence-corrected chi connectivity index (χ2v) is 5.54. The van der Waals surface area contributed by atoms with Crippen LogP contribution < -0.4 is 5.32 Å². The van der Waals surface area contributed by atoms with Crippen LogP contribution in [0.1, 0.15) is 19.5 Å². The fourth-order valence-electron chi connectivity index (χ4n) is 2.36.